The number of ether oxygens (including phenoxy) is 2. The number of hydrogen-bond donors (Lipinski definition) is 0. The summed E-state index contributed by atoms with van der Waals surface area (Å²) in [6.07, 6.45) is 1.48. The highest BCUT2D eigenvalue weighted by Crippen LogP contribution is 2.12. The summed E-state index contributed by atoms with van der Waals surface area (Å²) in [7, 11) is 3.67. The third-order valence-electron chi connectivity index (χ3n) is 2.19. The predicted octanol–water partition coefficient (Wildman–Crippen LogP) is 1.26. The van der Waals surface area contributed by atoms with Gasteiger partial charge < -0.3 is 14.4 Å². The first-order chi connectivity index (χ1) is 8.60. The van der Waals surface area contributed by atoms with Gasteiger partial charge in [-0.25, -0.2) is 14.8 Å². The number of nitrogens with zero attached hydrogens (tertiary/aromatic N) is 3. The van der Waals surface area contributed by atoms with E-state index in [1.54, 1.807) is 11.8 Å². The summed E-state index contributed by atoms with van der Waals surface area (Å²) < 4.78 is 10.3. The minimum absolute atomic E-state index is 0.272. The van der Waals surface area contributed by atoms with Crippen molar-refractivity contribution in [2.24, 2.45) is 0 Å². The molecule has 18 heavy (non-hydrogen) atoms. The highest BCUT2D eigenvalue weighted by atomic mass is 16.5. The van der Waals surface area contributed by atoms with Crippen LogP contribution in [0.25, 0.3) is 0 Å². The number of anilines is 1. The van der Waals surface area contributed by atoms with E-state index in [1.807, 2.05) is 21.0 Å². The minimum Gasteiger partial charge on any atom is -0.462 e. The van der Waals surface area contributed by atoms with Gasteiger partial charge in [0.15, 0.2) is 0 Å². The average Bonchev–Trinajstić information content (AvgIpc) is 2.36. The standard InChI is InChI=1S/C12H19N3O3/c1-5-17-8-10-9(11(16)18-6-2)7-13-12(14-10)15(3)4/h7H,5-6,8H2,1-4H3. The van der Waals surface area contributed by atoms with E-state index in [4.69, 9.17) is 9.47 Å². The topological polar surface area (TPSA) is 64.5 Å². The van der Waals surface area contributed by atoms with Crippen LogP contribution in [-0.4, -0.2) is 43.2 Å². The van der Waals surface area contributed by atoms with Crippen molar-refractivity contribution in [2.75, 3.05) is 32.2 Å². The van der Waals surface area contributed by atoms with Crippen LogP contribution in [0.5, 0.6) is 0 Å². The van der Waals surface area contributed by atoms with Crippen molar-refractivity contribution < 1.29 is 14.3 Å². The molecule has 0 bridgehead atoms. The molecule has 0 unspecified atom stereocenters. The molecular weight excluding hydrogens is 234 g/mol. The summed E-state index contributed by atoms with van der Waals surface area (Å²) in [4.78, 5) is 21.9. The summed E-state index contributed by atoms with van der Waals surface area (Å²) in [5.41, 5.74) is 0.907. The van der Waals surface area contributed by atoms with Gasteiger partial charge in [-0.2, -0.15) is 0 Å². The third-order valence-corrected chi connectivity index (χ3v) is 2.19. The van der Waals surface area contributed by atoms with Crippen molar-refractivity contribution in [3.63, 3.8) is 0 Å². The zero-order valence-corrected chi connectivity index (χ0v) is 11.3. The molecule has 100 valence electrons. The lowest BCUT2D eigenvalue weighted by Gasteiger charge is -2.13. The SMILES string of the molecule is CCOCc1nc(N(C)C)ncc1C(=O)OCC. The van der Waals surface area contributed by atoms with Crippen molar-refractivity contribution in [2.45, 2.75) is 20.5 Å². The van der Waals surface area contributed by atoms with E-state index in [9.17, 15) is 4.79 Å². The number of rotatable bonds is 6. The highest BCUT2D eigenvalue weighted by Gasteiger charge is 2.16. The molecule has 1 aromatic rings. The van der Waals surface area contributed by atoms with E-state index >= 15 is 0 Å². The molecule has 0 radical (unpaired) electrons. The zero-order chi connectivity index (χ0) is 13.5. The van der Waals surface area contributed by atoms with Gasteiger partial charge in [0.2, 0.25) is 5.95 Å². The summed E-state index contributed by atoms with van der Waals surface area (Å²) >= 11 is 0. The van der Waals surface area contributed by atoms with Crippen molar-refractivity contribution in [3.8, 4) is 0 Å². The van der Waals surface area contributed by atoms with Gasteiger partial charge in [0.05, 0.1) is 18.9 Å². The smallest absolute Gasteiger partial charge is 0.341 e. The van der Waals surface area contributed by atoms with Gasteiger partial charge in [-0.15, -0.1) is 0 Å². The molecule has 6 heteroatoms. The Hall–Kier alpha value is -1.69. The quantitative estimate of drug-likeness (QED) is 0.711. The monoisotopic (exact) mass is 253 g/mol. The van der Waals surface area contributed by atoms with Gasteiger partial charge in [-0.05, 0) is 13.8 Å². The molecular formula is C12H19N3O3. The second kappa shape index (κ2) is 6.90. The Balaban J connectivity index is 3.03. The van der Waals surface area contributed by atoms with Crippen LogP contribution < -0.4 is 4.90 Å². The Bertz CT molecular complexity index is 408. The summed E-state index contributed by atoms with van der Waals surface area (Å²) in [6, 6.07) is 0. The van der Waals surface area contributed by atoms with E-state index in [2.05, 4.69) is 9.97 Å². The molecule has 6 nitrogen and oxygen atoms in total. The minimum atomic E-state index is -0.419. The molecule has 0 spiro atoms. The van der Waals surface area contributed by atoms with Gasteiger partial charge in [-0.1, -0.05) is 0 Å². The molecule has 0 aliphatic rings. The van der Waals surface area contributed by atoms with E-state index < -0.39 is 5.97 Å². The normalized spacial score (nSPS) is 10.2. The fourth-order valence-electron chi connectivity index (χ4n) is 1.31. The molecule has 0 fully saturated rings. The first-order valence-corrected chi connectivity index (χ1v) is 5.88. The fraction of sp³-hybridized carbons (Fsp3) is 0.583. The van der Waals surface area contributed by atoms with Crippen molar-refractivity contribution >= 4 is 11.9 Å². The second-order valence-electron chi connectivity index (χ2n) is 3.78. The third kappa shape index (κ3) is 3.66. The Labute approximate surface area is 107 Å². The van der Waals surface area contributed by atoms with Crippen LogP contribution in [0.15, 0.2) is 6.20 Å². The molecule has 1 aromatic heterocycles. The maximum Gasteiger partial charge on any atom is 0.341 e. The van der Waals surface area contributed by atoms with Gasteiger partial charge in [0.1, 0.15) is 5.56 Å². The molecule has 0 aromatic carbocycles. The summed E-state index contributed by atoms with van der Waals surface area (Å²) in [5, 5.41) is 0. The molecule has 0 aliphatic heterocycles. The predicted molar refractivity (Wildman–Crippen MR) is 67.6 cm³/mol. The van der Waals surface area contributed by atoms with E-state index in [0.29, 0.717) is 30.4 Å². The largest absolute Gasteiger partial charge is 0.462 e. The van der Waals surface area contributed by atoms with Crippen LogP contribution in [0.4, 0.5) is 5.95 Å². The Morgan fingerprint density at radius 2 is 2.06 bits per heavy atom. The maximum atomic E-state index is 11.7. The van der Waals surface area contributed by atoms with Crippen LogP contribution in [-0.2, 0) is 16.1 Å². The average molecular weight is 253 g/mol. The number of hydrogen-bond acceptors (Lipinski definition) is 6. The number of aromatic nitrogens is 2. The molecule has 0 aliphatic carbocycles. The van der Waals surface area contributed by atoms with Gasteiger partial charge in [0.25, 0.3) is 0 Å². The second-order valence-corrected chi connectivity index (χ2v) is 3.78. The van der Waals surface area contributed by atoms with Crippen LogP contribution in [0.1, 0.15) is 29.9 Å². The number of carbonyl (C=O) groups is 1. The Kier molecular flexibility index (Phi) is 5.51. The van der Waals surface area contributed by atoms with E-state index in [0.717, 1.165) is 0 Å². The van der Waals surface area contributed by atoms with Crippen molar-refractivity contribution in [1.29, 1.82) is 0 Å². The van der Waals surface area contributed by atoms with Gasteiger partial charge in [-0.3, -0.25) is 0 Å². The molecule has 1 heterocycles. The molecule has 1 rings (SSSR count). The van der Waals surface area contributed by atoms with Crippen LogP contribution in [0, 0.1) is 0 Å². The van der Waals surface area contributed by atoms with Crippen LogP contribution in [0.2, 0.25) is 0 Å². The van der Waals surface area contributed by atoms with Gasteiger partial charge in [0, 0.05) is 26.9 Å². The van der Waals surface area contributed by atoms with Crippen molar-refractivity contribution in [3.05, 3.63) is 17.5 Å². The fourth-order valence-corrected chi connectivity index (χ4v) is 1.31. The lowest BCUT2D eigenvalue weighted by atomic mass is 10.2. The molecule has 0 saturated heterocycles. The molecule has 0 amide bonds. The lowest BCUT2D eigenvalue weighted by Crippen LogP contribution is -2.17. The first kappa shape index (κ1) is 14.4. The number of carbonyl (C=O) groups excluding carboxylic acids is 1. The maximum absolute atomic E-state index is 11.7. The van der Waals surface area contributed by atoms with Crippen LogP contribution >= 0.6 is 0 Å². The number of esters is 1. The molecule has 0 N–H and O–H groups in total. The van der Waals surface area contributed by atoms with Crippen LogP contribution in [0.3, 0.4) is 0 Å². The van der Waals surface area contributed by atoms with Crippen molar-refractivity contribution in [1.82, 2.24) is 9.97 Å². The Morgan fingerprint density at radius 3 is 2.61 bits per heavy atom. The first-order valence-electron chi connectivity index (χ1n) is 5.88. The summed E-state index contributed by atoms with van der Waals surface area (Å²) in [5.74, 6) is 0.121. The zero-order valence-electron chi connectivity index (χ0n) is 11.3. The van der Waals surface area contributed by atoms with E-state index in [1.165, 1.54) is 6.20 Å². The Morgan fingerprint density at radius 1 is 1.33 bits per heavy atom. The molecule has 0 atom stereocenters. The molecule has 0 saturated carbocycles. The van der Waals surface area contributed by atoms with Gasteiger partial charge >= 0.3 is 5.97 Å². The van der Waals surface area contributed by atoms with E-state index in [-0.39, 0.29) is 6.61 Å². The summed E-state index contributed by atoms with van der Waals surface area (Å²) in [6.45, 7) is 4.80. The lowest BCUT2D eigenvalue weighted by molar-refractivity contribution is 0.0517. The highest BCUT2D eigenvalue weighted by molar-refractivity contribution is 5.90.